The quantitative estimate of drug-likeness (QED) is 0.545. The summed E-state index contributed by atoms with van der Waals surface area (Å²) in [6.45, 7) is 2.07. The number of ketones is 1. The van der Waals surface area contributed by atoms with E-state index in [4.69, 9.17) is 4.74 Å². The molecule has 3 heteroatoms. The number of halogens is 1. The lowest BCUT2D eigenvalue weighted by molar-refractivity contribution is 0.0975. The fourth-order valence-corrected chi connectivity index (χ4v) is 1.52. The minimum atomic E-state index is -0.499. The second-order valence-corrected chi connectivity index (χ2v) is 3.73. The van der Waals surface area contributed by atoms with Gasteiger partial charge in [0.2, 0.25) is 0 Å². The maximum atomic E-state index is 13.5. The summed E-state index contributed by atoms with van der Waals surface area (Å²) in [5.41, 5.74) is 0.164. The summed E-state index contributed by atoms with van der Waals surface area (Å²) in [5.74, 6) is -0.197. The molecule has 88 valence electrons. The van der Waals surface area contributed by atoms with E-state index < -0.39 is 5.82 Å². The van der Waals surface area contributed by atoms with Gasteiger partial charge in [0, 0.05) is 12.5 Å². The number of hydrogen-bond acceptors (Lipinski definition) is 2. The van der Waals surface area contributed by atoms with Gasteiger partial charge in [0.05, 0.1) is 12.7 Å². The van der Waals surface area contributed by atoms with Crippen LogP contribution in [0.4, 0.5) is 4.39 Å². The molecule has 0 unspecified atom stereocenters. The lowest BCUT2D eigenvalue weighted by atomic mass is 10.0. The van der Waals surface area contributed by atoms with E-state index in [0.29, 0.717) is 12.2 Å². The molecule has 0 aliphatic heterocycles. The Hall–Kier alpha value is -1.38. The third-order valence-electron chi connectivity index (χ3n) is 2.48. The summed E-state index contributed by atoms with van der Waals surface area (Å²) >= 11 is 0. The zero-order valence-corrected chi connectivity index (χ0v) is 9.75. The topological polar surface area (TPSA) is 26.3 Å². The van der Waals surface area contributed by atoms with Gasteiger partial charge < -0.3 is 4.74 Å². The van der Waals surface area contributed by atoms with E-state index in [-0.39, 0.29) is 11.3 Å². The highest BCUT2D eigenvalue weighted by Gasteiger charge is 2.11. The van der Waals surface area contributed by atoms with Crippen molar-refractivity contribution in [1.82, 2.24) is 0 Å². The Balaban J connectivity index is 2.68. The van der Waals surface area contributed by atoms with Crippen LogP contribution in [-0.2, 0) is 0 Å². The van der Waals surface area contributed by atoms with E-state index in [1.54, 1.807) is 6.07 Å². The van der Waals surface area contributed by atoms with Crippen LogP contribution in [0.3, 0.4) is 0 Å². The summed E-state index contributed by atoms with van der Waals surface area (Å²) in [4.78, 5) is 11.7. The summed E-state index contributed by atoms with van der Waals surface area (Å²) < 4.78 is 18.4. The predicted octanol–water partition coefficient (Wildman–Crippen LogP) is 3.60. The second-order valence-electron chi connectivity index (χ2n) is 3.73. The van der Waals surface area contributed by atoms with Crippen LogP contribution in [0.5, 0.6) is 5.75 Å². The first kappa shape index (κ1) is 12.7. The smallest absolute Gasteiger partial charge is 0.165 e. The fraction of sp³-hybridized carbons (Fsp3) is 0.462. The van der Waals surface area contributed by atoms with Gasteiger partial charge in [-0.05, 0) is 18.6 Å². The first-order valence-electron chi connectivity index (χ1n) is 5.55. The van der Waals surface area contributed by atoms with Crippen molar-refractivity contribution in [3.63, 3.8) is 0 Å². The lowest BCUT2D eigenvalue weighted by Gasteiger charge is -2.04. The van der Waals surface area contributed by atoms with Gasteiger partial charge in [0.1, 0.15) is 11.6 Å². The number of ether oxygens (including phenoxy) is 1. The summed E-state index contributed by atoms with van der Waals surface area (Å²) in [5, 5.41) is 0. The standard InChI is InChI=1S/C13H17FO2/c1-3-4-5-6-13(15)11-8-7-10(16-2)9-12(11)14/h7-9H,3-6H2,1-2H3. The van der Waals surface area contributed by atoms with Crippen molar-refractivity contribution in [3.8, 4) is 5.75 Å². The number of benzene rings is 1. The Morgan fingerprint density at radius 2 is 2.12 bits per heavy atom. The van der Waals surface area contributed by atoms with Crippen LogP contribution in [0.2, 0.25) is 0 Å². The van der Waals surface area contributed by atoms with Crippen LogP contribution in [-0.4, -0.2) is 12.9 Å². The molecule has 0 radical (unpaired) electrons. The van der Waals surface area contributed by atoms with E-state index in [9.17, 15) is 9.18 Å². The van der Waals surface area contributed by atoms with Crippen LogP contribution in [0.25, 0.3) is 0 Å². The van der Waals surface area contributed by atoms with Gasteiger partial charge in [-0.1, -0.05) is 19.8 Å². The van der Waals surface area contributed by atoms with Crippen LogP contribution in [0.15, 0.2) is 18.2 Å². The molecule has 0 aliphatic rings. The van der Waals surface area contributed by atoms with E-state index >= 15 is 0 Å². The SMILES string of the molecule is CCCCCC(=O)c1ccc(OC)cc1F. The van der Waals surface area contributed by atoms with Gasteiger partial charge >= 0.3 is 0 Å². The molecule has 16 heavy (non-hydrogen) atoms. The van der Waals surface area contributed by atoms with Crippen molar-refractivity contribution in [2.24, 2.45) is 0 Å². The Bertz CT molecular complexity index is 361. The largest absolute Gasteiger partial charge is 0.497 e. The zero-order chi connectivity index (χ0) is 12.0. The average molecular weight is 224 g/mol. The minimum absolute atomic E-state index is 0.131. The Morgan fingerprint density at radius 3 is 2.69 bits per heavy atom. The zero-order valence-electron chi connectivity index (χ0n) is 9.75. The minimum Gasteiger partial charge on any atom is -0.497 e. The van der Waals surface area contributed by atoms with Crippen LogP contribution < -0.4 is 4.74 Å². The van der Waals surface area contributed by atoms with Crippen molar-refractivity contribution in [2.45, 2.75) is 32.6 Å². The van der Waals surface area contributed by atoms with Gasteiger partial charge in [-0.2, -0.15) is 0 Å². The molecular formula is C13H17FO2. The number of methoxy groups -OCH3 is 1. The van der Waals surface area contributed by atoms with Crippen molar-refractivity contribution in [2.75, 3.05) is 7.11 Å². The molecule has 0 aromatic heterocycles. The summed E-state index contributed by atoms with van der Waals surface area (Å²) in [6, 6.07) is 4.34. The van der Waals surface area contributed by atoms with Crippen molar-refractivity contribution in [3.05, 3.63) is 29.6 Å². The Labute approximate surface area is 95.4 Å². The first-order valence-corrected chi connectivity index (χ1v) is 5.55. The first-order chi connectivity index (χ1) is 7.69. The van der Waals surface area contributed by atoms with Gasteiger partial charge in [-0.25, -0.2) is 4.39 Å². The fourth-order valence-electron chi connectivity index (χ4n) is 1.52. The van der Waals surface area contributed by atoms with Gasteiger partial charge in [-0.3, -0.25) is 4.79 Å². The highest BCUT2D eigenvalue weighted by Crippen LogP contribution is 2.18. The Morgan fingerprint density at radius 1 is 1.38 bits per heavy atom. The Kier molecular flexibility index (Phi) is 4.96. The number of carbonyl (C=O) groups is 1. The molecule has 2 nitrogen and oxygen atoms in total. The van der Waals surface area contributed by atoms with Gasteiger partial charge in [0.25, 0.3) is 0 Å². The molecule has 1 aromatic carbocycles. The summed E-state index contributed by atoms with van der Waals surface area (Å²) in [6.07, 6.45) is 3.29. The molecule has 0 atom stereocenters. The number of rotatable bonds is 6. The molecule has 0 aliphatic carbocycles. The monoisotopic (exact) mass is 224 g/mol. The maximum absolute atomic E-state index is 13.5. The van der Waals surface area contributed by atoms with Gasteiger partial charge in [0.15, 0.2) is 5.78 Å². The molecular weight excluding hydrogens is 207 g/mol. The highest BCUT2D eigenvalue weighted by molar-refractivity contribution is 5.96. The molecule has 0 spiro atoms. The molecule has 0 amide bonds. The third kappa shape index (κ3) is 3.33. The number of hydrogen-bond donors (Lipinski definition) is 0. The van der Waals surface area contributed by atoms with Crippen LogP contribution in [0.1, 0.15) is 43.0 Å². The third-order valence-corrected chi connectivity index (χ3v) is 2.48. The molecule has 0 fully saturated rings. The average Bonchev–Trinajstić information content (AvgIpc) is 2.29. The van der Waals surface area contributed by atoms with Crippen LogP contribution in [0, 0.1) is 5.82 Å². The van der Waals surface area contributed by atoms with Crippen molar-refractivity contribution in [1.29, 1.82) is 0 Å². The van der Waals surface area contributed by atoms with E-state index in [1.165, 1.54) is 19.2 Å². The number of unbranched alkanes of at least 4 members (excludes halogenated alkanes) is 2. The molecule has 1 aromatic rings. The second kappa shape index (κ2) is 6.26. The van der Waals surface area contributed by atoms with E-state index in [0.717, 1.165) is 19.3 Å². The summed E-state index contributed by atoms with van der Waals surface area (Å²) in [7, 11) is 1.47. The molecule has 0 bridgehead atoms. The van der Waals surface area contributed by atoms with Crippen molar-refractivity contribution >= 4 is 5.78 Å². The molecule has 0 heterocycles. The predicted molar refractivity (Wildman–Crippen MR) is 61.4 cm³/mol. The normalized spacial score (nSPS) is 10.2. The molecule has 0 saturated carbocycles. The molecule has 0 saturated heterocycles. The molecule has 1 rings (SSSR count). The highest BCUT2D eigenvalue weighted by atomic mass is 19.1. The van der Waals surface area contributed by atoms with E-state index in [1.807, 2.05) is 0 Å². The van der Waals surface area contributed by atoms with Gasteiger partial charge in [-0.15, -0.1) is 0 Å². The van der Waals surface area contributed by atoms with E-state index in [2.05, 4.69) is 6.92 Å². The molecule has 0 N–H and O–H groups in total. The number of carbonyl (C=O) groups excluding carboxylic acids is 1. The lowest BCUT2D eigenvalue weighted by Crippen LogP contribution is -2.02. The van der Waals surface area contributed by atoms with Crippen LogP contribution >= 0.6 is 0 Å². The number of Topliss-reactive ketones (excluding diaryl/α,β-unsaturated/α-hetero) is 1. The van der Waals surface area contributed by atoms with Crippen molar-refractivity contribution < 1.29 is 13.9 Å². The maximum Gasteiger partial charge on any atom is 0.165 e.